The molecule has 2 N–H and O–H groups in total. The zero-order valence-electron chi connectivity index (χ0n) is 16.3. The minimum Gasteiger partial charge on any atom is -0.349 e. The zero-order chi connectivity index (χ0) is 18.4. The lowest BCUT2D eigenvalue weighted by molar-refractivity contribution is 0.0930. The molecule has 1 fully saturated rings. The highest BCUT2D eigenvalue weighted by Gasteiger charge is 2.22. The summed E-state index contributed by atoms with van der Waals surface area (Å²) in [6.07, 6.45) is 3.82. The van der Waals surface area contributed by atoms with Gasteiger partial charge in [0.2, 0.25) is 0 Å². The quantitative estimate of drug-likeness (QED) is 0.648. The second kappa shape index (κ2) is 12.4. The Bertz CT molecular complexity index is 686. The molecular weight excluding hydrogens is 419 g/mol. The van der Waals surface area contributed by atoms with Gasteiger partial charge in [-0.2, -0.15) is 11.3 Å². The summed E-state index contributed by atoms with van der Waals surface area (Å²) in [4.78, 5) is 14.9. The molecule has 1 saturated heterocycles. The van der Waals surface area contributed by atoms with Gasteiger partial charge in [-0.3, -0.25) is 9.69 Å². The molecule has 2 aromatic heterocycles. The molecule has 158 valence electrons. The average Bonchev–Trinajstić information content (AvgIpc) is 3.37. The van der Waals surface area contributed by atoms with Crippen molar-refractivity contribution < 1.29 is 4.79 Å². The van der Waals surface area contributed by atoms with Crippen molar-refractivity contribution in [3.63, 3.8) is 0 Å². The summed E-state index contributed by atoms with van der Waals surface area (Å²) in [6, 6.07) is 2.65. The van der Waals surface area contributed by atoms with Crippen LogP contribution in [0.5, 0.6) is 0 Å². The first kappa shape index (κ1) is 24.8. The summed E-state index contributed by atoms with van der Waals surface area (Å²) >= 11 is 1.69. The molecule has 28 heavy (non-hydrogen) atoms. The maximum Gasteiger partial charge on any atom is 0.273 e. The summed E-state index contributed by atoms with van der Waals surface area (Å²) in [6.45, 7) is 8.72. The number of thiophene rings is 1. The van der Waals surface area contributed by atoms with Crippen molar-refractivity contribution in [3.8, 4) is 0 Å². The molecule has 2 aromatic rings. The first-order valence-electron chi connectivity index (χ1n) is 9.39. The number of amides is 1. The normalized spacial score (nSPS) is 15.5. The van der Waals surface area contributed by atoms with Crippen LogP contribution in [-0.2, 0) is 0 Å². The van der Waals surface area contributed by atoms with Crippen molar-refractivity contribution in [2.45, 2.75) is 38.8 Å². The monoisotopic (exact) mass is 448 g/mol. The van der Waals surface area contributed by atoms with Gasteiger partial charge in [0.25, 0.3) is 5.91 Å². The largest absolute Gasteiger partial charge is 0.349 e. The fraction of sp³-hybridized carbons (Fsp3) is 0.611. The van der Waals surface area contributed by atoms with E-state index in [1.165, 1.54) is 5.56 Å². The Labute approximate surface area is 183 Å². The van der Waals surface area contributed by atoms with Crippen LogP contribution in [0.4, 0.5) is 0 Å². The Morgan fingerprint density at radius 3 is 2.68 bits per heavy atom. The van der Waals surface area contributed by atoms with Crippen LogP contribution in [0.15, 0.2) is 23.0 Å². The van der Waals surface area contributed by atoms with Crippen molar-refractivity contribution in [3.05, 3.63) is 34.3 Å². The first-order valence-corrected chi connectivity index (χ1v) is 10.3. The highest BCUT2D eigenvalue weighted by Crippen LogP contribution is 2.22. The van der Waals surface area contributed by atoms with Crippen LogP contribution in [0.25, 0.3) is 0 Å². The van der Waals surface area contributed by atoms with Gasteiger partial charge in [0.1, 0.15) is 0 Å². The predicted molar refractivity (Wildman–Crippen MR) is 118 cm³/mol. The van der Waals surface area contributed by atoms with E-state index < -0.39 is 0 Å². The lowest BCUT2D eigenvalue weighted by Gasteiger charge is -2.29. The van der Waals surface area contributed by atoms with E-state index in [0.717, 1.165) is 39.0 Å². The van der Waals surface area contributed by atoms with E-state index in [9.17, 15) is 4.79 Å². The minimum atomic E-state index is -0.155. The molecule has 1 atom stereocenters. The molecule has 0 aliphatic carbocycles. The number of hydrogen-bond donors (Lipinski definition) is 2. The zero-order valence-corrected chi connectivity index (χ0v) is 18.8. The Morgan fingerprint density at radius 1 is 1.36 bits per heavy atom. The van der Waals surface area contributed by atoms with E-state index in [2.05, 4.69) is 56.5 Å². The van der Waals surface area contributed by atoms with E-state index in [-0.39, 0.29) is 36.8 Å². The van der Waals surface area contributed by atoms with Gasteiger partial charge in [-0.15, -0.1) is 29.9 Å². The average molecular weight is 449 g/mol. The Balaban J connectivity index is 0.00000196. The number of likely N-dealkylation sites (N-methyl/N-ethyl adjacent to an activating group) is 1. The smallest absolute Gasteiger partial charge is 0.273 e. The highest BCUT2D eigenvalue weighted by molar-refractivity contribution is 7.07. The molecule has 0 aromatic carbocycles. The standard InChI is InChI=1S/C18H28N6OS.2ClH/c1-3-23(4-2)17(14-7-10-26-13-14)11-20-18(25)16-12-24(22-21-16)15-5-8-19-9-6-15;;/h7,10,12-13,15,17,19H,3-6,8-9,11H2,1-2H3,(H,20,25);2*1H. The van der Waals surface area contributed by atoms with E-state index in [1.54, 1.807) is 17.5 Å². The minimum absolute atomic E-state index is 0. The molecule has 7 nitrogen and oxygen atoms in total. The predicted octanol–water partition coefficient (Wildman–Crippen LogP) is 2.92. The third-order valence-electron chi connectivity index (χ3n) is 5.06. The number of nitrogens with zero attached hydrogens (tertiary/aromatic N) is 4. The summed E-state index contributed by atoms with van der Waals surface area (Å²) < 4.78 is 1.84. The van der Waals surface area contributed by atoms with Gasteiger partial charge < -0.3 is 10.6 Å². The molecule has 3 rings (SSSR count). The molecule has 0 radical (unpaired) electrons. The second-order valence-corrected chi connectivity index (χ2v) is 7.35. The molecule has 1 aliphatic heterocycles. The van der Waals surface area contributed by atoms with Crippen molar-refractivity contribution in [1.82, 2.24) is 30.5 Å². The molecule has 3 heterocycles. The lowest BCUT2D eigenvalue weighted by atomic mass is 10.1. The second-order valence-electron chi connectivity index (χ2n) is 6.57. The lowest BCUT2D eigenvalue weighted by Crippen LogP contribution is -2.38. The number of halogens is 2. The van der Waals surface area contributed by atoms with Crippen LogP contribution in [0.3, 0.4) is 0 Å². The molecule has 1 aliphatic rings. The third-order valence-corrected chi connectivity index (χ3v) is 5.76. The summed E-state index contributed by atoms with van der Waals surface area (Å²) in [7, 11) is 0. The van der Waals surface area contributed by atoms with Crippen LogP contribution < -0.4 is 10.6 Å². The van der Waals surface area contributed by atoms with Gasteiger partial charge in [0, 0.05) is 6.54 Å². The molecule has 10 heteroatoms. The Hall–Kier alpha value is -1.19. The van der Waals surface area contributed by atoms with Crippen LogP contribution in [-0.4, -0.2) is 58.5 Å². The van der Waals surface area contributed by atoms with Gasteiger partial charge in [0.15, 0.2) is 5.69 Å². The maximum absolute atomic E-state index is 12.6. The van der Waals surface area contributed by atoms with Gasteiger partial charge in [-0.25, -0.2) is 4.68 Å². The van der Waals surface area contributed by atoms with Gasteiger partial charge >= 0.3 is 0 Å². The Morgan fingerprint density at radius 2 is 2.07 bits per heavy atom. The molecule has 0 bridgehead atoms. The fourth-order valence-electron chi connectivity index (χ4n) is 3.50. The number of hydrogen-bond acceptors (Lipinski definition) is 6. The van der Waals surface area contributed by atoms with Gasteiger partial charge in [-0.1, -0.05) is 19.1 Å². The number of carbonyl (C=O) groups excluding carboxylic acids is 1. The van der Waals surface area contributed by atoms with Gasteiger partial charge in [-0.05, 0) is 61.4 Å². The van der Waals surface area contributed by atoms with Crippen LogP contribution >= 0.6 is 36.2 Å². The molecule has 0 spiro atoms. The molecule has 1 unspecified atom stereocenters. The highest BCUT2D eigenvalue weighted by atomic mass is 35.5. The van der Waals surface area contributed by atoms with E-state index in [0.29, 0.717) is 18.3 Å². The third kappa shape index (κ3) is 6.15. The van der Waals surface area contributed by atoms with E-state index in [1.807, 2.05) is 4.68 Å². The number of nitrogens with one attached hydrogen (secondary N) is 2. The fourth-order valence-corrected chi connectivity index (χ4v) is 4.20. The molecular formula is C18H30Cl2N6OS. The maximum atomic E-state index is 12.6. The molecule has 1 amide bonds. The summed E-state index contributed by atoms with van der Waals surface area (Å²) in [5.74, 6) is -0.155. The van der Waals surface area contributed by atoms with E-state index in [4.69, 9.17) is 0 Å². The van der Waals surface area contributed by atoms with Crippen molar-refractivity contribution in [1.29, 1.82) is 0 Å². The molecule has 0 saturated carbocycles. The van der Waals surface area contributed by atoms with E-state index >= 15 is 0 Å². The summed E-state index contributed by atoms with van der Waals surface area (Å²) in [5, 5.41) is 18.9. The van der Waals surface area contributed by atoms with Crippen LogP contribution in [0.2, 0.25) is 0 Å². The summed E-state index contributed by atoms with van der Waals surface area (Å²) in [5.41, 5.74) is 1.64. The SMILES string of the molecule is CCN(CC)C(CNC(=O)c1cn(C2CCNCC2)nn1)c1ccsc1.Cl.Cl. The Kier molecular flexibility index (Phi) is 11.0. The van der Waals surface area contributed by atoms with Gasteiger partial charge in [0.05, 0.1) is 18.3 Å². The number of rotatable bonds is 8. The van der Waals surface area contributed by atoms with Crippen molar-refractivity contribution in [2.75, 3.05) is 32.7 Å². The van der Waals surface area contributed by atoms with Crippen LogP contribution in [0, 0.1) is 0 Å². The first-order chi connectivity index (χ1) is 12.7. The number of piperidine rings is 1. The topological polar surface area (TPSA) is 75.1 Å². The number of aromatic nitrogens is 3. The van der Waals surface area contributed by atoms with Crippen molar-refractivity contribution in [2.24, 2.45) is 0 Å². The van der Waals surface area contributed by atoms with Crippen LogP contribution in [0.1, 0.15) is 54.8 Å². The van der Waals surface area contributed by atoms with Crippen molar-refractivity contribution >= 4 is 42.1 Å². The number of carbonyl (C=O) groups is 1.